The number of nitrogens with zero attached hydrogens (tertiary/aromatic N) is 1. The van der Waals surface area contributed by atoms with Gasteiger partial charge in [-0.1, -0.05) is 6.07 Å². The van der Waals surface area contributed by atoms with Gasteiger partial charge in [-0.3, -0.25) is 4.79 Å². The molecule has 0 aromatic heterocycles. The van der Waals surface area contributed by atoms with Gasteiger partial charge >= 0.3 is 5.97 Å². The highest BCUT2D eigenvalue weighted by Gasteiger charge is 2.57. The lowest BCUT2D eigenvalue weighted by Crippen LogP contribution is -2.40. The maximum atomic E-state index is 12.8. The molecule has 0 unspecified atom stereocenters. The van der Waals surface area contributed by atoms with E-state index in [4.69, 9.17) is 9.47 Å². The number of ether oxygens (including phenoxy) is 3. The van der Waals surface area contributed by atoms with Crippen molar-refractivity contribution in [1.29, 1.82) is 0 Å². The molecule has 2 aliphatic heterocycles. The number of carbonyl (C=O) groups is 2. The fourth-order valence-electron chi connectivity index (χ4n) is 3.13. The molecule has 0 N–H and O–H groups in total. The van der Waals surface area contributed by atoms with Gasteiger partial charge in [0.2, 0.25) is 0 Å². The zero-order chi connectivity index (χ0) is 16.9. The number of amides is 1. The topological polar surface area (TPSA) is 99.2 Å². The minimum Gasteiger partial charge on any atom is -0.493 e. The lowest BCUT2D eigenvalue weighted by atomic mass is 10.1. The Hall–Kier alpha value is -2.29. The molecule has 0 saturated carbocycles. The van der Waals surface area contributed by atoms with E-state index in [0.29, 0.717) is 11.3 Å². The van der Waals surface area contributed by atoms with Crippen LogP contribution in [0.4, 0.5) is 0 Å². The summed E-state index contributed by atoms with van der Waals surface area (Å²) in [6, 6.07) is 1.89. The second-order valence-electron chi connectivity index (χ2n) is 5.20. The van der Waals surface area contributed by atoms with Crippen molar-refractivity contribution in [3.8, 4) is 11.5 Å². The van der Waals surface area contributed by atoms with Crippen molar-refractivity contribution in [2.24, 2.45) is 0 Å². The van der Waals surface area contributed by atoms with Crippen molar-refractivity contribution < 1.29 is 32.2 Å². The van der Waals surface area contributed by atoms with Crippen molar-refractivity contribution in [2.75, 3.05) is 27.1 Å². The largest absolute Gasteiger partial charge is 0.493 e. The van der Waals surface area contributed by atoms with E-state index in [2.05, 4.69) is 4.74 Å². The Morgan fingerprint density at radius 1 is 1.22 bits per heavy atom. The molecule has 3 rings (SSSR count). The van der Waals surface area contributed by atoms with Gasteiger partial charge < -0.3 is 19.1 Å². The first-order chi connectivity index (χ1) is 10.9. The van der Waals surface area contributed by atoms with Crippen molar-refractivity contribution >= 4 is 21.7 Å². The van der Waals surface area contributed by atoms with Crippen LogP contribution in [0.5, 0.6) is 11.5 Å². The molecular weight excluding hydrogens is 326 g/mol. The first kappa shape index (κ1) is 15.6. The van der Waals surface area contributed by atoms with Gasteiger partial charge in [0.15, 0.2) is 26.7 Å². The smallest absolute Gasteiger partial charge is 0.329 e. The van der Waals surface area contributed by atoms with Crippen LogP contribution in [0.1, 0.15) is 21.3 Å². The number of esters is 1. The lowest BCUT2D eigenvalue weighted by Gasteiger charge is -2.20. The number of hydrogen-bond donors (Lipinski definition) is 0. The normalized spacial score (nSPS) is 24.1. The van der Waals surface area contributed by atoms with E-state index in [-0.39, 0.29) is 11.3 Å². The standard InChI is InChI=1S/C14H15NO7S/c1-20-9-5-4-7-10(11(9)21-2)12(16)15-8(14(17)22-3)6-23(18,19)13(7)15/h4-5,8,13H,6H2,1-3H3/t8-,13+/m1/s1. The highest BCUT2D eigenvalue weighted by atomic mass is 32.2. The predicted molar refractivity (Wildman–Crippen MR) is 78.0 cm³/mol. The number of hydrogen-bond acceptors (Lipinski definition) is 7. The molecule has 1 amide bonds. The molecule has 1 aromatic carbocycles. The van der Waals surface area contributed by atoms with Crippen molar-refractivity contribution in [2.45, 2.75) is 11.4 Å². The Labute approximate surface area is 132 Å². The van der Waals surface area contributed by atoms with E-state index in [0.717, 1.165) is 12.0 Å². The monoisotopic (exact) mass is 341 g/mol. The molecule has 2 aliphatic rings. The Balaban J connectivity index is 2.23. The van der Waals surface area contributed by atoms with Crippen molar-refractivity contribution in [1.82, 2.24) is 4.90 Å². The number of benzene rings is 1. The summed E-state index contributed by atoms with van der Waals surface area (Å²) in [5, 5.41) is -1.20. The van der Waals surface area contributed by atoms with Crippen LogP contribution in [0.25, 0.3) is 0 Å². The van der Waals surface area contributed by atoms with E-state index >= 15 is 0 Å². The van der Waals surface area contributed by atoms with Crippen LogP contribution in [0.15, 0.2) is 12.1 Å². The van der Waals surface area contributed by atoms with Gasteiger partial charge in [-0.15, -0.1) is 0 Å². The van der Waals surface area contributed by atoms with Crippen LogP contribution < -0.4 is 9.47 Å². The van der Waals surface area contributed by atoms with Crippen LogP contribution in [0.3, 0.4) is 0 Å². The third-order valence-electron chi connectivity index (χ3n) is 4.08. The van der Waals surface area contributed by atoms with Gasteiger partial charge in [0.25, 0.3) is 5.91 Å². The Bertz CT molecular complexity index is 802. The SMILES string of the molecule is COC(=O)[C@H]1CS(=O)(=O)[C@H]2c3ccc(OC)c(OC)c3C(=O)N12. The molecule has 23 heavy (non-hydrogen) atoms. The Morgan fingerprint density at radius 3 is 2.48 bits per heavy atom. The number of methoxy groups -OCH3 is 3. The summed E-state index contributed by atoms with van der Waals surface area (Å²) in [5.41, 5.74) is 0.396. The number of sulfone groups is 1. The maximum Gasteiger partial charge on any atom is 0.329 e. The molecular formula is C14H15NO7S. The number of carbonyl (C=O) groups excluding carboxylic acids is 2. The summed E-state index contributed by atoms with van der Waals surface area (Å²) in [4.78, 5) is 25.7. The molecule has 1 fully saturated rings. The van der Waals surface area contributed by atoms with E-state index < -0.39 is 38.9 Å². The lowest BCUT2D eigenvalue weighted by molar-refractivity contribution is -0.144. The van der Waals surface area contributed by atoms with Crippen LogP contribution in [0.2, 0.25) is 0 Å². The summed E-state index contributed by atoms with van der Waals surface area (Å²) in [7, 11) is 0.219. The van der Waals surface area contributed by atoms with Gasteiger partial charge in [0.1, 0.15) is 6.04 Å². The summed E-state index contributed by atoms with van der Waals surface area (Å²) in [6.07, 6.45) is 0. The first-order valence-corrected chi connectivity index (χ1v) is 8.45. The molecule has 0 spiro atoms. The average molecular weight is 341 g/mol. The van der Waals surface area contributed by atoms with Crippen LogP contribution >= 0.6 is 0 Å². The molecule has 124 valence electrons. The summed E-state index contributed by atoms with van der Waals surface area (Å²) in [6.45, 7) is 0. The predicted octanol–water partition coefficient (Wildman–Crippen LogP) is 0.128. The fraction of sp³-hybridized carbons (Fsp3) is 0.429. The van der Waals surface area contributed by atoms with Crippen LogP contribution in [0, 0.1) is 0 Å². The third-order valence-corrected chi connectivity index (χ3v) is 6.03. The molecule has 8 nitrogen and oxygen atoms in total. The zero-order valence-electron chi connectivity index (χ0n) is 12.7. The molecule has 0 aliphatic carbocycles. The minimum absolute atomic E-state index is 0.106. The molecule has 0 radical (unpaired) electrons. The highest BCUT2D eigenvalue weighted by Crippen LogP contribution is 2.49. The third kappa shape index (κ3) is 1.99. The highest BCUT2D eigenvalue weighted by molar-refractivity contribution is 7.92. The van der Waals surface area contributed by atoms with Gasteiger partial charge in [-0.25, -0.2) is 13.2 Å². The second kappa shape index (κ2) is 5.12. The number of rotatable bonds is 3. The van der Waals surface area contributed by atoms with Gasteiger partial charge in [0, 0.05) is 5.56 Å². The summed E-state index contributed by atoms with van der Waals surface area (Å²) >= 11 is 0. The molecule has 9 heteroatoms. The first-order valence-electron chi connectivity index (χ1n) is 6.74. The van der Waals surface area contributed by atoms with Crippen LogP contribution in [-0.2, 0) is 19.4 Å². The number of fused-ring (bicyclic) bond motifs is 3. The molecule has 0 bridgehead atoms. The van der Waals surface area contributed by atoms with Gasteiger partial charge in [-0.2, -0.15) is 0 Å². The van der Waals surface area contributed by atoms with E-state index in [9.17, 15) is 18.0 Å². The molecule has 1 saturated heterocycles. The molecule has 2 atom stereocenters. The van der Waals surface area contributed by atoms with Crippen LogP contribution in [-0.4, -0.2) is 58.3 Å². The van der Waals surface area contributed by atoms with Gasteiger partial charge in [0.05, 0.1) is 32.6 Å². The zero-order valence-corrected chi connectivity index (χ0v) is 13.5. The van der Waals surface area contributed by atoms with Crippen molar-refractivity contribution in [3.05, 3.63) is 23.3 Å². The maximum absolute atomic E-state index is 12.8. The molecule has 2 heterocycles. The minimum atomic E-state index is -3.71. The quantitative estimate of drug-likeness (QED) is 0.720. The fourth-order valence-corrected chi connectivity index (χ4v) is 5.23. The van der Waals surface area contributed by atoms with E-state index in [1.54, 1.807) is 0 Å². The van der Waals surface area contributed by atoms with E-state index in [1.165, 1.54) is 26.4 Å². The summed E-state index contributed by atoms with van der Waals surface area (Å²) in [5.74, 6) is -1.33. The van der Waals surface area contributed by atoms with E-state index in [1.807, 2.05) is 0 Å². The molecule has 1 aromatic rings. The van der Waals surface area contributed by atoms with Gasteiger partial charge in [-0.05, 0) is 6.07 Å². The Kier molecular flexibility index (Phi) is 3.47. The summed E-state index contributed by atoms with van der Waals surface area (Å²) < 4.78 is 39.9. The second-order valence-corrected chi connectivity index (χ2v) is 7.30. The van der Waals surface area contributed by atoms with Crippen molar-refractivity contribution in [3.63, 3.8) is 0 Å². The Morgan fingerprint density at radius 2 is 1.91 bits per heavy atom. The average Bonchev–Trinajstić information content (AvgIpc) is 2.99.